The molecule has 3 aromatic carbocycles. The average molecular weight is 608 g/mol. The van der Waals surface area contributed by atoms with Gasteiger partial charge in [-0.3, -0.25) is 4.79 Å². The van der Waals surface area contributed by atoms with Crippen LogP contribution in [0.3, 0.4) is 0 Å². The predicted octanol–water partition coefficient (Wildman–Crippen LogP) is 5.79. The Morgan fingerprint density at radius 3 is 2.34 bits per heavy atom. The number of aromatic nitrogens is 4. The molecule has 0 bridgehead atoms. The Bertz CT molecular complexity index is 1760. The first kappa shape index (κ1) is 29.3. The molecule has 1 atom stereocenters. The molecule has 1 aliphatic heterocycles. The fourth-order valence-electron chi connectivity index (χ4n) is 5.41. The van der Waals surface area contributed by atoms with Crippen LogP contribution in [0.25, 0.3) is 22.5 Å². The molecule has 0 saturated carbocycles. The monoisotopic (exact) mass is 607 g/mol. The number of hydrazine groups is 1. The molecule has 1 aliphatic carbocycles. The first-order valence-corrected chi connectivity index (χ1v) is 16.2. The highest BCUT2D eigenvalue weighted by Crippen LogP contribution is 2.34. The van der Waals surface area contributed by atoms with Crippen LogP contribution in [0.1, 0.15) is 44.6 Å². The highest BCUT2D eigenvalue weighted by Gasteiger charge is 2.30. The van der Waals surface area contributed by atoms with Gasteiger partial charge in [0.25, 0.3) is 5.91 Å². The molecule has 0 saturated heterocycles. The van der Waals surface area contributed by atoms with E-state index >= 15 is 0 Å². The normalized spacial score (nSPS) is 17.8. The van der Waals surface area contributed by atoms with Crippen LogP contribution in [0.2, 0.25) is 0 Å². The van der Waals surface area contributed by atoms with Crippen molar-refractivity contribution >= 4 is 38.2 Å². The molecule has 1 unspecified atom stereocenters. The molecule has 2 aliphatic rings. The molecule has 224 valence electrons. The van der Waals surface area contributed by atoms with Gasteiger partial charge in [0.15, 0.2) is 11.0 Å². The topological polar surface area (TPSA) is 125 Å². The quantitative estimate of drug-likeness (QED) is 0.190. The number of H-pyrrole nitrogens is 1. The summed E-state index contributed by atoms with van der Waals surface area (Å²) < 4.78 is 5.61. The number of ether oxygens (including phenoxy) is 1. The number of hydrogen-bond acceptors (Lipinski definition) is 7. The van der Waals surface area contributed by atoms with Crippen molar-refractivity contribution in [2.75, 3.05) is 11.3 Å². The minimum atomic E-state index is -0.438. The summed E-state index contributed by atoms with van der Waals surface area (Å²) in [5.74, 6) is -0.218. The van der Waals surface area contributed by atoms with Gasteiger partial charge >= 0.3 is 5.97 Å². The SMILES string of the molecule is CCC1=S(C)C(=NC(=O)C2=C(C(=O)OCc3ccccc3)CCCC2)N(c2ccc(-c3ccccc3-c3nnn[nH]3)cc2)N1. The number of hydrogen-bond donors (Lipinski definition) is 2. The maximum atomic E-state index is 13.7. The maximum absolute atomic E-state index is 13.7. The van der Waals surface area contributed by atoms with E-state index in [1.165, 1.54) is 0 Å². The summed E-state index contributed by atoms with van der Waals surface area (Å²) in [7, 11) is -0.424. The number of nitrogens with zero attached hydrogens (tertiary/aromatic N) is 5. The number of nitrogens with one attached hydrogen (secondary N) is 2. The van der Waals surface area contributed by atoms with Gasteiger partial charge in [-0.25, -0.2) is 14.9 Å². The molecule has 44 heavy (non-hydrogen) atoms. The second-order valence-corrected chi connectivity index (χ2v) is 12.4. The maximum Gasteiger partial charge on any atom is 0.334 e. The Hall–Kier alpha value is -4.74. The number of amidine groups is 1. The van der Waals surface area contributed by atoms with Crippen LogP contribution >= 0.6 is 10.5 Å². The molecular weight excluding hydrogens is 574 g/mol. The number of benzene rings is 3. The molecule has 1 amide bonds. The molecule has 0 fully saturated rings. The molecule has 4 aromatic rings. The van der Waals surface area contributed by atoms with Gasteiger partial charge in [0, 0.05) is 21.7 Å². The molecule has 0 spiro atoms. The predicted molar refractivity (Wildman–Crippen MR) is 174 cm³/mol. The lowest BCUT2D eigenvalue weighted by molar-refractivity contribution is -0.141. The van der Waals surface area contributed by atoms with Crippen LogP contribution in [0.15, 0.2) is 95.0 Å². The van der Waals surface area contributed by atoms with Crippen LogP contribution in [0, 0.1) is 0 Å². The van der Waals surface area contributed by atoms with Crippen LogP contribution < -0.4 is 10.4 Å². The van der Waals surface area contributed by atoms with Crippen molar-refractivity contribution in [3.8, 4) is 22.5 Å². The fourth-order valence-corrected chi connectivity index (χ4v) is 6.94. The molecular formula is C33H33N7O3S. The minimum absolute atomic E-state index is 0.167. The molecule has 1 aromatic heterocycles. The van der Waals surface area contributed by atoms with Gasteiger partial charge in [0.05, 0.1) is 5.69 Å². The van der Waals surface area contributed by atoms with E-state index in [2.05, 4.69) is 44.2 Å². The summed E-state index contributed by atoms with van der Waals surface area (Å²) in [5, 5.41) is 16.9. The van der Waals surface area contributed by atoms with E-state index in [1.807, 2.05) is 83.9 Å². The van der Waals surface area contributed by atoms with Crippen molar-refractivity contribution < 1.29 is 14.3 Å². The summed E-state index contributed by atoms with van der Waals surface area (Å²) >= 11 is 0. The summed E-state index contributed by atoms with van der Waals surface area (Å²) in [5.41, 5.74) is 9.00. The van der Waals surface area contributed by atoms with Crippen molar-refractivity contribution in [3.05, 3.63) is 95.6 Å². The Kier molecular flexibility index (Phi) is 8.85. The molecule has 2 N–H and O–H groups in total. The van der Waals surface area contributed by atoms with Crippen LogP contribution in [0.5, 0.6) is 0 Å². The van der Waals surface area contributed by atoms with Gasteiger partial charge in [-0.05, 0) is 77.6 Å². The smallest absolute Gasteiger partial charge is 0.334 e. The number of carbonyl (C=O) groups is 2. The van der Waals surface area contributed by atoms with Crippen molar-refractivity contribution in [1.82, 2.24) is 26.0 Å². The van der Waals surface area contributed by atoms with Gasteiger partial charge in [0.1, 0.15) is 6.61 Å². The third-order valence-electron chi connectivity index (χ3n) is 7.74. The largest absolute Gasteiger partial charge is 0.457 e. The summed E-state index contributed by atoms with van der Waals surface area (Å²) in [6.07, 6.45) is 5.55. The third-order valence-corrected chi connectivity index (χ3v) is 9.68. The number of anilines is 1. The number of aromatic amines is 1. The molecule has 2 heterocycles. The van der Waals surface area contributed by atoms with E-state index in [9.17, 15) is 9.59 Å². The van der Waals surface area contributed by atoms with E-state index in [-0.39, 0.29) is 12.5 Å². The van der Waals surface area contributed by atoms with E-state index in [0.29, 0.717) is 35.0 Å². The van der Waals surface area contributed by atoms with E-state index in [1.54, 1.807) is 0 Å². The summed E-state index contributed by atoms with van der Waals surface area (Å²) in [6.45, 7) is 2.25. The highest BCUT2D eigenvalue weighted by molar-refractivity contribution is 8.28. The minimum Gasteiger partial charge on any atom is -0.457 e. The zero-order valence-corrected chi connectivity index (χ0v) is 25.4. The van der Waals surface area contributed by atoms with E-state index in [0.717, 1.165) is 52.2 Å². The second-order valence-electron chi connectivity index (χ2n) is 10.5. The van der Waals surface area contributed by atoms with Gasteiger partial charge in [0.2, 0.25) is 0 Å². The Balaban J connectivity index is 1.27. The standard InChI is InChI=1S/C33H33N7O3S/c1-3-29-37-40(24-19-17-23(18-20-24)25-13-7-8-14-26(25)30-35-38-39-36-30)33(44(29)2)34-31(41)27-15-9-10-16-28(27)32(42)43-21-22-11-5-4-6-12-22/h4-8,11-14,17-20,37H,3,9-10,15-16,21H2,1-2H3,(H,35,36,38,39). The Labute approximate surface area is 258 Å². The summed E-state index contributed by atoms with van der Waals surface area (Å²) in [6, 6.07) is 25.5. The number of rotatable bonds is 8. The lowest BCUT2D eigenvalue weighted by atomic mass is 9.91. The molecule has 0 radical (unpaired) electrons. The first-order valence-electron chi connectivity index (χ1n) is 14.6. The number of aliphatic imine (C=N–C) groups is 1. The van der Waals surface area contributed by atoms with Gasteiger partial charge in [-0.15, -0.1) is 15.6 Å². The fraction of sp³-hybridized carbons (Fsp3) is 0.242. The van der Waals surface area contributed by atoms with Gasteiger partial charge in [-0.1, -0.05) is 73.7 Å². The van der Waals surface area contributed by atoms with Crippen molar-refractivity contribution in [2.45, 2.75) is 45.6 Å². The van der Waals surface area contributed by atoms with Crippen molar-refractivity contribution in [2.24, 2.45) is 4.99 Å². The van der Waals surface area contributed by atoms with Crippen molar-refractivity contribution in [1.29, 1.82) is 0 Å². The number of esters is 1. The summed E-state index contributed by atoms with van der Waals surface area (Å²) in [4.78, 5) is 32.6. The van der Waals surface area contributed by atoms with Gasteiger partial charge in [-0.2, -0.15) is 10.4 Å². The highest BCUT2D eigenvalue weighted by atomic mass is 32.2. The lowest BCUT2D eigenvalue weighted by Crippen LogP contribution is -2.39. The first-order chi connectivity index (χ1) is 21.5. The van der Waals surface area contributed by atoms with Gasteiger partial charge < -0.3 is 4.74 Å². The van der Waals surface area contributed by atoms with Crippen LogP contribution in [-0.2, 0) is 20.9 Å². The number of carbonyl (C=O) groups excluding carboxylic acids is 2. The number of amides is 1. The lowest BCUT2D eigenvalue weighted by Gasteiger charge is -2.21. The number of tetrazole rings is 1. The zero-order chi connectivity index (χ0) is 30.5. The van der Waals surface area contributed by atoms with E-state index < -0.39 is 16.5 Å². The Morgan fingerprint density at radius 1 is 0.932 bits per heavy atom. The van der Waals surface area contributed by atoms with Crippen LogP contribution in [-0.4, -0.2) is 48.9 Å². The Morgan fingerprint density at radius 2 is 1.64 bits per heavy atom. The second kappa shape index (κ2) is 13.3. The van der Waals surface area contributed by atoms with Crippen LogP contribution in [0.4, 0.5) is 5.69 Å². The average Bonchev–Trinajstić information content (AvgIpc) is 3.73. The van der Waals surface area contributed by atoms with E-state index in [4.69, 9.17) is 4.74 Å². The zero-order valence-electron chi connectivity index (χ0n) is 24.6. The third kappa shape index (κ3) is 6.15. The molecule has 6 rings (SSSR count). The van der Waals surface area contributed by atoms with Crippen molar-refractivity contribution in [3.63, 3.8) is 0 Å². The molecule has 10 nitrogen and oxygen atoms in total. The molecule has 11 heteroatoms.